The zero-order chi connectivity index (χ0) is 14.8. The highest BCUT2D eigenvalue weighted by Gasteiger charge is 2.40. The largest absolute Gasteiger partial charge is 0.505 e. The van der Waals surface area contributed by atoms with Crippen LogP contribution >= 0.6 is 0 Å². The normalized spacial score (nSPS) is 26.2. The summed E-state index contributed by atoms with van der Waals surface area (Å²) in [6, 6.07) is 5.35. The van der Waals surface area contributed by atoms with E-state index in [2.05, 4.69) is 12.2 Å². The summed E-state index contributed by atoms with van der Waals surface area (Å²) in [5.41, 5.74) is 6.62. The summed E-state index contributed by atoms with van der Waals surface area (Å²) in [6.07, 6.45) is 3.71. The Bertz CT molecular complexity index is 491. The molecule has 0 saturated heterocycles. The van der Waals surface area contributed by atoms with E-state index in [-0.39, 0.29) is 11.7 Å². The lowest BCUT2D eigenvalue weighted by Crippen LogP contribution is -2.44. The lowest BCUT2D eigenvalue weighted by atomic mass is 9.70. The van der Waals surface area contributed by atoms with Crippen molar-refractivity contribution in [3.8, 4) is 5.75 Å². The number of anilines is 1. The second kappa shape index (κ2) is 5.83. The third-order valence-electron chi connectivity index (χ3n) is 4.59. The van der Waals surface area contributed by atoms with Gasteiger partial charge in [0.05, 0.1) is 11.1 Å². The molecule has 1 aromatic carbocycles. The summed E-state index contributed by atoms with van der Waals surface area (Å²) in [6.45, 7) is 4.38. The molecule has 0 aliphatic heterocycles. The minimum atomic E-state index is -0.483. The highest BCUT2D eigenvalue weighted by Crippen LogP contribution is 2.39. The number of nitrogens with one attached hydrogen (secondary N) is 1. The van der Waals surface area contributed by atoms with Gasteiger partial charge in [-0.05, 0) is 50.2 Å². The second-order valence-corrected chi connectivity index (χ2v) is 6.09. The standard InChI is InChI=1S/C16H24N2O2/c1-11-6-8-16(10-17,9-7-11)15(20)18-13-5-3-4-12(2)14(13)19/h3-5,11,19H,6-10,17H2,1-2H3,(H,18,20). The summed E-state index contributed by atoms with van der Waals surface area (Å²) >= 11 is 0. The van der Waals surface area contributed by atoms with E-state index in [1.165, 1.54) is 0 Å². The number of benzene rings is 1. The van der Waals surface area contributed by atoms with E-state index in [1.807, 2.05) is 19.1 Å². The van der Waals surface area contributed by atoms with Gasteiger partial charge in [0.2, 0.25) is 5.91 Å². The van der Waals surface area contributed by atoms with Crippen molar-refractivity contribution in [1.29, 1.82) is 0 Å². The molecular formula is C16H24N2O2. The third-order valence-corrected chi connectivity index (χ3v) is 4.59. The van der Waals surface area contributed by atoms with Crippen molar-refractivity contribution >= 4 is 11.6 Å². The molecule has 110 valence electrons. The van der Waals surface area contributed by atoms with E-state index in [1.54, 1.807) is 6.07 Å². The molecule has 4 N–H and O–H groups in total. The van der Waals surface area contributed by atoms with Crippen LogP contribution in [0.4, 0.5) is 5.69 Å². The lowest BCUT2D eigenvalue weighted by Gasteiger charge is -2.37. The molecule has 1 saturated carbocycles. The molecule has 0 unspecified atom stereocenters. The number of nitrogens with two attached hydrogens (primary N) is 1. The molecule has 20 heavy (non-hydrogen) atoms. The van der Waals surface area contributed by atoms with Crippen LogP contribution in [0.1, 0.15) is 38.2 Å². The first-order chi connectivity index (χ1) is 9.48. The molecule has 0 heterocycles. The maximum atomic E-state index is 12.6. The number of phenolic OH excluding ortho intramolecular Hbond substituents is 1. The quantitative estimate of drug-likeness (QED) is 0.743. The Labute approximate surface area is 120 Å². The van der Waals surface area contributed by atoms with Gasteiger partial charge in [0.15, 0.2) is 0 Å². The third kappa shape index (κ3) is 2.80. The molecule has 1 fully saturated rings. The number of carbonyl (C=O) groups excluding carboxylic acids is 1. The van der Waals surface area contributed by atoms with Crippen molar-refractivity contribution < 1.29 is 9.90 Å². The maximum absolute atomic E-state index is 12.6. The van der Waals surface area contributed by atoms with Gasteiger partial charge >= 0.3 is 0 Å². The number of para-hydroxylation sites is 1. The van der Waals surface area contributed by atoms with Gasteiger partial charge in [-0.1, -0.05) is 19.1 Å². The number of aryl methyl sites for hydroxylation is 1. The average molecular weight is 276 g/mol. The summed E-state index contributed by atoms with van der Waals surface area (Å²) in [7, 11) is 0. The number of amides is 1. The molecule has 0 radical (unpaired) electrons. The van der Waals surface area contributed by atoms with Crippen molar-refractivity contribution in [2.45, 2.75) is 39.5 Å². The number of hydrogen-bond donors (Lipinski definition) is 3. The highest BCUT2D eigenvalue weighted by molar-refractivity contribution is 5.96. The average Bonchev–Trinajstić information content (AvgIpc) is 2.45. The van der Waals surface area contributed by atoms with Gasteiger partial charge in [-0.3, -0.25) is 4.79 Å². The molecular weight excluding hydrogens is 252 g/mol. The van der Waals surface area contributed by atoms with Crippen LogP contribution in [-0.4, -0.2) is 17.6 Å². The summed E-state index contributed by atoms with van der Waals surface area (Å²) in [5.74, 6) is 0.736. The molecule has 1 amide bonds. The Kier molecular flexibility index (Phi) is 4.33. The molecule has 2 rings (SSSR count). The van der Waals surface area contributed by atoms with Crippen LogP contribution in [0.25, 0.3) is 0 Å². The molecule has 4 heteroatoms. The number of phenols is 1. The predicted octanol–water partition coefficient (Wildman–Crippen LogP) is 2.79. The van der Waals surface area contributed by atoms with Crippen LogP contribution in [-0.2, 0) is 4.79 Å². The molecule has 1 aliphatic carbocycles. The first-order valence-corrected chi connectivity index (χ1v) is 7.28. The van der Waals surface area contributed by atoms with E-state index in [4.69, 9.17) is 5.73 Å². The van der Waals surface area contributed by atoms with E-state index in [0.29, 0.717) is 18.2 Å². The number of aromatic hydroxyl groups is 1. The number of hydrogen-bond acceptors (Lipinski definition) is 3. The van der Waals surface area contributed by atoms with Gasteiger partial charge in [-0.25, -0.2) is 0 Å². The maximum Gasteiger partial charge on any atom is 0.231 e. The van der Waals surface area contributed by atoms with E-state index in [9.17, 15) is 9.90 Å². The minimum absolute atomic E-state index is 0.0622. The predicted molar refractivity (Wildman–Crippen MR) is 80.6 cm³/mol. The zero-order valence-electron chi connectivity index (χ0n) is 12.3. The van der Waals surface area contributed by atoms with Crippen LogP contribution in [0.2, 0.25) is 0 Å². The van der Waals surface area contributed by atoms with Gasteiger partial charge < -0.3 is 16.2 Å². The van der Waals surface area contributed by atoms with Crippen LogP contribution in [0.3, 0.4) is 0 Å². The van der Waals surface area contributed by atoms with Crippen molar-refractivity contribution in [2.24, 2.45) is 17.1 Å². The fourth-order valence-corrected chi connectivity index (χ4v) is 2.85. The Hall–Kier alpha value is -1.55. The molecule has 1 aromatic rings. The molecule has 0 aromatic heterocycles. The monoisotopic (exact) mass is 276 g/mol. The van der Waals surface area contributed by atoms with Crippen molar-refractivity contribution in [3.63, 3.8) is 0 Å². The zero-order valence-corrected chi connectivity index (χ0v) is 12.3. The Morgan fingerprint density at radius 1 is 1.45 bits per heavy atom. The van der Waals surface area contributed by atoms with E-state index >= 15 is 0 Å². The van der Waals surface area contributed by atoms with Gasteiger partial charge in [-0.15, -0.1) is 0 Å². The summed E-state index contributed by atoms with van der Waals surface area (Å²) in [5, 5.41) is 12.9. The molecule has 0 atom stereocenters. The van der Waals surface area contributed by atoms with Gasteiger partial charge in [0.1, 0.15) is 5.75 Å². The smallest absolute Gasteiger partial charge is 0.231 e. The summed E-state index contributed by atoms with van der Waals surface area (Å²) < 4.78 is 0. The first-order valence-electron chi connectivity index (χ1n) is 7.28. The van der Waals surface area contributed by atoms with Crippen molar-refractivity contribution in [3.05, 3.63) is 23.8 Å². The Morgan fingerprint density at radius 2 is 2.10 bits per heavy atom. The van der Waals surface area contributed by atoms with Crippen LogP contribution in [0.5, 0.6) is 5.75 Å². The number of carbonyl (C=O) groups is 1. The van der Waals surface area contributed by atoms with Crippen molar-refractivity contribution in [2.75, 3.05) is 11.9 Å². The topological polar surface area (TPSA) is 75.4 Å². The first kappa shape index (κ1) is 14.9. The van der Waals surface area contributed by atoms with Gasteiger partial charge in [0.25, 0.3) is 0 Å². The number of rotatable bonds is 3. The van der Waals surface area contributed by atoms with Gasteiger partial charge in [-0.2, -0.15) is 0 Å². The van der Waals surface area contributed by atoms with Crippen LogP contribution in [0.15, 0.2) is 18.2 Å². The second-order valence-electron chi connectivity index (χ2n) is 6.09. The lowest BCUT2D eigenvalue weighted by molar-refractivity contribution is -0.127. The minimum Gasteiger partial charge on any atom is -0.505 e. The van der Waals surface area contributed by atoms with Gasteiger partial charge in [0, 0.05) is 6.54 Å². The Balaban J connectivity index is 2.16. The van der Waals surface area contributed by atoms with E-state index < -0.39 is 5.41 Å². The Morgan fingerprint density at radius 3 is 2.70 bits per heavy atom. The van der Waals surface area contributed by atoms with Crippen LogP contribution < -0.4 is 11.1 Å². The fraction of sp³-hybridized carbons (Fsp3) is 0.562. The molecule has 1 aliphatic rings. The van der Waals surface area contributed by atoms with E-state index in [0.717, 1.165) is 31.2 Å². The van der Waals surface area contributed by atoms with Crippen LogP contribution in [0, 0.1) is 18.3 Å². The molecule has 0 bridgehead atoms. The SMILES string of the molecule is Cc1cccc(NC(=O)C2(CN)CCC(C)CC2)c1O. The summed E-state index contributed by atoms with van der Waals surface area (Å²) in [4.78, 5) is 12.6. The molecule has 0 spiro atoms. The van der Waals surface area contributed by atoms with Crippen molar-refractivity contribution in [1.82, 2.24) is 0 Å². The fourth-order valence-electron chi connectivity index (χ4n) is 2.85. The molecule has 4 nitrogen and oxygen atoms in total. The highest BCUT2D eigenvalue weighted by atomic mass is 16.3.